The van der Waals surface area contributed by atoms with Gasteiger partial charge in [0, 0.05) is 18.8 Å². The van der Waals surface area contributed by atoms with Crippen LogP contribution >= 0.6 is 0 Å². The second kappa shape index (κ2) is 7.15. The van der Waals surface area contributed by atoms with Crippen LogP contribution in [0.25, 0.3) is 0 Å². The number of hydrogen-bond acceptors (Lipinski definition) is 4. The van der Waals surface area contributed by atoms with Crippen LogP contribution in [0.2, 0.25) is 0 Å². The van der Waals surface area contributed by atoms with Gasteiger partial charge in [-0.05, 0) is 43.3 Å². The van der Waals surface area contributed by atoms with E-state index in [9.17, 15) is 18.3 Å². The van der Waals surface area contributed by atoms with Crippen molar-refractivity contribution in [3.8, 4) is 0 Å². The molecule has 0 saturated carbocycles. The third-order valence-corrected chi connectivity index (χ3v) is 5.25. The van der Waals surface area contributed by atoms with Gasteiger partial charge in [0.15, 0.2) is 9.84 Å². The van der Waals surface area contributed by atoms with Crippen molar-refractivity contribution in [1.29, 1.82) is 0 Å². The first-order chi connectivity index (χ1) is 11.2. The highest BCUT2D eigenvalue weighted by Gasteiger charge is 2.16. The Hall–Kier alpha value is -2.18. The topological polar surface area (TPSA) is 74.7 Å². The summed E-state index contributed by atoms with van der Waals surface area (Å²) in [6.45, 7) is 2.48. The lowest BCUT2D eigenvalue weighted by atomic mass is 10.0. The fraction of sp³-hybridized carbons (Fsp3) is 0.278. The zero-order valence-corrected chi connectivity index (χ0v) is 14.7. The minimum absolute atomic E-state index is 0.0143. The molecule has 24 heavy (non-hydrogen) atoms. The molecule has 5 nitrogen and oxygen atoms in total. The van der Waals surface area contributed by atoms with E-state index >= 15 is 0 Å². The average Bonchev–Trinajstić information content (AvgIpc) is 2.53. The molecule has 0 radical (unpaired) electrons. The lowest BCUT2D eigenvalue weighted by molar-refractivity contribution is 0.0694. The van der Waals surface area contributed by atoms with Gasteiger partial charge in [0.2, 0.25) is 0 Å². The van der Waals surface area contributed by atoms with Crippen molar-refractivity contribution in [2.45, 2.75) is 24.4 Å². The highest BCUT2D eigenvalue weighted by atomic mass is 32.2. The van der Waals surface area contributed by atoms with Crippen molar-refractivity contribution < 1.29 is 18.3 Å². The molecule has 0 aliphatic carbocycles. The SMILES string of the molecule is CC(c1ccc(S(C)(=O)=O)cc1)N(C)Cc1ccccc1C(=O)O. The molecule has 1 unspecified atom stereocenters. The van der Waals surface area contributed by atoms with Crippen molar-refractivity contribution in [2.24, 2.45) is 0 Å². The fourth-order valence-corrected chi connectivity index (χ4v) is 3.15. The maximum absolute atomic E-state index is 11.5. The second-order valence-corrected chi connectivity index (χ2v) is 7.91. The number of benzene rings is 2. The quantitative estimate of drug-likeness (QED) is 0.869. The highest BCUT2D eigenvalue weighted by Crippen LogP contribution is 2.23. The molecule has 0 bridgehead atoms. The van der Waals surface area contributed by atoms with Crippen molar-refractivity contribution in [3.63, 3.8) is 0 Å². The summed E-state index contributed by atoms with van der Waals surface area (Å²) in [5.74, 6) is -0.941. The largest absolute Gasteiger partial charge is 0.478 e. The van der Waals surface area contributed by atoms with Gasteiger partial charge in [-0.15, -0.1) is 0 Å². The molecule has 0 amide bonds. The van der Waals surface area contributed by atoms with Gasteiger partial charge in [-0.1, -0.05) is 30.3 Å². The summed E-state index contributed by atoms with van der Waals surface area (Å²) < 4.78 is 23.0. The minimum atomic E-state index is -3.21. The number of carboxylic acid groups (broad SMARTS) is 1. The lowest BCUT2D eigenvalue weighted by Gasteiger charge is -2.26. The van der Waals surface area contributed by atoms with E-state index in [0.717, 1.165) is 11.1 Å². The maximum atomic E-state index is 11.5. The predicted molar refractivity (Wildman–Crippen MR) is 92.8 cm³/mol. The molecule has 0 spiro atoms. The van der Waals surface area contributed by atoms with E-state index in [2.05, 4.69) is 0 Å². The van der Waals surface area contributed by atoms with Crippen LogP contribution in [-0.4, -0.2) is 37.7 Å². The lowest BCUT2D eigenvalue weighted by Crippen LogP contribution is -2.23. The van der Waals surface area contributed by atoms with Crippen LogP contribution in [0, 0.1) is 0 Å². The average molecular weight is 347 g/mol. The smallest absolute Gasteiger partial charge is 0.336 e. The number of hydrogen-bond donors (Lipinski definition) is 1. The molecule has 0 aliphatic rings. The highest BCUT2D eigenvalue weighted by molar-refractivity contribution is 7.90. The van der Waals surface area contributed by atoms with E-state index in [0.29, 0.717) is 12.1 Å². The third kappa shape index (κ3) is 4.21. The van der Waals surface area contributed by atoms with Crippen LogP contribution in [-0.2, 0) is 16.4 Å². The van der Waals surface area contributed by atoms with Gasteiger partial charge in [-0.2, -0.15) is 0 Å². The standard InChI is InChI=1S/C18H21NO4S/c1-13(14-8-10-16(11-9-14)24(3,22)23)19(2)12-15-6-4-5-7-17(15)18(20)21/h4-11,13H,12H2,1-3H3,(H,20,21). The van der Waals surface area contributed by atoms with Crippen LogP contribution in [0.1, 0.15) is 34.5 Å². The number of nitrogens with zero attached hydrogens (tertiary/aromatic N) is 1. The van der Waals surface area contributed by atoms with E-state index in [-0.39, 0.29) is 10.9 Å². The number of rotatable bonds is 6. The molecule has 0 fully saturated rings. The number of carboxylic acids is 1. The van der Waals surface area contributed by atoms with E-state index in [1.165, 1.54) is 6.26 Å². The summed E-state index contributed by atoms with van der Waals surface area (Å²) in [5, 5.41) is 9.27. The minimum Gasteiger partial charge on any atom is -0.478 e. The van der Waals surface area contributed by atoms with Crippen LogP contribution < -0.4 is 0 Å². The zero-order chi connectivity index (χ0) is 17.9. The predicted octanol–water partition coefficient (Wildman–Crippen LogP) is 2.98. The molecule has 0 heterocycles. The molecular formula is C18H21NO4S. The molecule has 0 aromatic heterocycles. The Morgan fingerprint density at radius 3 is 2.25 bits per heavy atom. The third-order valence-electron chi connectivity index (χ3n) is 4.12. The first kappa shape index (κ1) is 18.2. The zero-order valence-electron chi connectivity index (χ0n) is 13.9. The summed E-state index contributed by atoms with van der Waals surface area (Å²) in [6, 6.07) is 13.7. The summed E-state index contributed by atoms with van der Waals surface area (Å²) in [7, 11) is -1.30. The molecule has 1 N–H and O–H groups in total. The van der Waals surface area contributed by atoms with E-state index in [4.69, 9.17) is 0 Å². The molecule has 0 saturated heterocycles. The fourth-order valence-electron chi connectivity index (χ4n) is 2.52. The molecule has 1 atom stereocenters. The number of aromatic carboxylic acids is 1. The van der Waals surface area contributed by atoms with Crippen LogP contribution in [0.4, 0.5) is 0 Å². The molecule has 2 rings (SSSR count). The van der Waals surface area contributed by atoms with E-state index < -0.39 is 15.8 Å². The van der Waals surface area contributed by atoms with Gasteiger partial charge >= 0.3 is 5.97 Å². The Morgan fingerprint density at radius 1 is 1.12 bits per heavy atom. The molecule has 0 aliphatic heterocycles. The van der Waals surface area contributed by atoms with Crippen molar-refractivity contribution in [1.82, 2.24) is 4.90 Å². The molecular weight excluding hydrogens is 326 g/mol. The van der Waals surface area contributed by atoms with Gasteiger partial charge in [0.1, 0.15) is 0 Å². The maximum Gasteiger partial charge on any atom is 0.336 e. The number of sulfone groups is 1. The van der Waals surface area contributed by atoms with Gasteiger partial charge < -0.3 is 5.11 Å². The summed E-state index contributed by atoms with van der Waals surface area (Å²) in [4.78, 5) is 13.6. The first-order valence-electron chi connectivity index (χ1n) is 7.51. The molecule has 2 aromatic carbocycles. The van der Waals surface area contributed by atoms with E-state index in [1.54, 1.807) is 42.5 Å². The van der Waals surface area contributed by atoms with Crippen molar-refractivity contribution in [3.05, 3.63) is 65.2 Å². The Labute approximate surface area is 142 Å². The summed E-state index contributed by atoms with van der Waals surface area (Å²) >= 11 is 0. The Morgan fingerprint density at radius 2 is 1.71 bits per heavy atom. The first-order valence-corrected chi connectivity index (χ1v) is 9.40. The molecule has 2 aromatic rings. The summed E-state index contributed by atoms with van der Waals surface area (Å²) in [6.07, 6.45) is 1.18. The van der Waals surface area contributed by atoms with Gasteiger partial charge in [-0.3, -0.25) is 4.90 Å². The Balaban J connectivity index is 2.18. The van der Waals surface area contributed by atoms with Crippen molar-refractivity contribution in [2.75, 3.05) is 13.3 Å². The monoisotopic (exact) mass is 347 g/mol. The second-order valence-electron chi connectivity index (χ2n) is 5.89. The Bertz CT molecular complexity index is 828. The summed E-state index contributed by atoms with van der Waals surface area (Å²) in [5.41, 5.74) is 2.01. The van der Waals surface area contributed by atoms with Crippen LogP contribution in [0.3, 0.4) is 0 Å². The normalized spacial score (nSPS) is 13.0. The van der Waals surface area contributed by atoms with E-state index in [1.807, 2.05) is 24.9 Å². The van der Waals surface area contributed by atoms with Gasteiger partial charge in [0.05, 0.1) is 10.5 Å². The van der Waals surface area contributed by atoms with Crippen molar-refractivity contribution >= 4 is 15.8 Å². The van der Waals surface area contributed by atoms with Gasteiger partial charge in [-0.25, -0.2) is 13.2 Å². The molecule has 6 heteroatoms. The molecule has 128 valence electrons. The Kier molecular flexibility index (Phi) is 5.41. The number of carbonyl (C=O) groups is 1. The van der Waals surface area contributed by atoms with Crippen LogP contribution in [0.5, 0.6) is 0 Å². The van der Waals surface area contributed by atoms with Gasteiger partial charge in [0.25, 0.3) is 0 Å². The van der Waals surface area contributed by atoms with Crippen LogP contribution in [0.15, 0.2) is 53.4 Å².